The van der Waals surface area contributed by atoms with Gasteiger partial charge in [-0.25, -0.2) is 4.39 Å². The smallest absolute Gasteiger partial charge is 0.319 e. The number of phenolic OH excluding ortho intramolecular Hbond substituents is 1. The maximum atomic E-state index is 17.1. The highest BCUT2D eigenvalue weighted by Gasteiger charge is 2.43. The number of aliphatic hydroxyl groups excluding tert-OH is 1. The molecule has 0 aliphatic carbocycles. The molecular formula is C59H65ClFN9O7. The summed E-state index contributed by atoms with van der Waals surface area (Å²) in [5, 5.41) is 41.5. The third-order valence-corrected chi connectivity index (χ3v) is 16.1. The van der Waals surface area contributed by atoms with Gasteiger partial charge < -0.3 is 34.0 Å². The topological polar surface area (TPSA) is 196 Å². The third kappa shape index (κ3) is 11.6. The van der Waals surface area contributed by atoms with Gasteiger partial charge in [0.2, 0.25) is 5.91 Å². The number of hydrogen-bond donors (Lipinski definition) is 2. The van der Waals surface area contributed by atoms with Crippen molar-refractivity contribution in [2.75, 3.05) is 57.4 Å². The van der Waals surface area contributed by atoms with E-state index in [1.54, 1.807) is 24.4 Å². The van der Waals surface area contributed by atoms with Crippen LogP contribution in [0.5, 0.6) is 17.6 Å². The second-order valence-electron chi connectivity index (χ2n) is 21.5. The highest BCUT2D eigenvalue weighted by Crippen LogP contribution is 2.43. The van der Waals surface area contributed by atoms with E-state index in [1.165, 1.54) is 11.0 Å². The summed E-state index contributed by atoms with van der Waals surface area (Å²) in [7, 11) is 1.90. The summed E-state index contributed by atoms with van der Waals surface area (Å²) in [6, 6.07) is 25.6. The van der Waals surface area contributed by atoms with E-state index in [2.05, 4.69) is 31.1 Å². The number of aryl methyl sites for hydroxylation is 1. The van der Waals surface area contributed by atoms with Crippen LogP contribution >= 0.6 is 11.6 Å². The summed E-state index contributed by atoms with van der Waals surface area (Å²) in [4.78, 5) is 43.7. The van der Waals surface area contributed by atoms with Gasteiger partial charge in [0.25, 0.3) is 5.88 Å². The molecule has 16 nitrogen and oxygen atoms in total. The minimum Gasteiger partial charge on any atom is -0.508 e. The van der Waals surface area contributed by atoms with E-state index in [9.17, 15) is 25.1 Å². The molecule has 3 aliphatic heterocycles. The Kier molecular flexibility index (Phi) is 16.1. The molecule has 0 spiro atoms. The number of likely N-dealkylation sites (tertiary alicyclic amines) is 2. The van der Waals surface area contributed by atoms with Gasteiger partial charge in [-0.2, -0.15) is 20.3 Å². The van der Waals surface area contributed by atoms with Crippen molar-refractivity contribution in [3.63, 3.8) is 0 Å². The standard InChI is InChI=1S/C59H65ClFN9O7/c1-35(2)53(58(74)70-33-43(72)29-49(70)50(73)26-36(3)39-11-13-40(14-12-39)48-16-20-63-67(48)4)51-31-52(66-77-51)76-34-38-17-22-68(23-18-38)24-25-75-59-64-56-46(57(65-59)69-21-7-8-37(32-69)15-19-62)30-47(60)54(55(56)61)45-28-42(71)27-41-9-5-6-10-44(41)45/h5-6,9-14,16,20,27-28,30-31,35-38,43,49,53,71-72H,7-8,15,17-18,21-26,29,32-34H2,1-4H3/t36-,37+,43-,49+,53-/m1/s1. The number of fused-ring (bicyclic) bond motifs is 2. The number of amides is 1. The molecule has 10 rings (SSSR count). The van der Waals surface area contributed by atoms with Crippen LogP contribution in [-0.4, -0.2) is 121 Å². The van der Waals surface area contributed by atoms with Gasteiger partial charge in [0, 0.05) is 75.7 Å². The van der Waals surface area contributed by atoms with E-state index in [0.29, 0.717) is 55.2 Å². The van der Waals surface area contributed by atoms with Crippen LogP contribution in [0.4, 0.5) is 10.2 Å². The van der Waals surface area contributed by atoms with E-state index in [-0.39, 0.29) is 95.1 Å². The number of anilines is 1. The molecule has 5 atom stereocenters. The number of hydrogen-bond acceptors (Lipinski definition) is 14. The normalized spacial score (nSPS) is 19.2. The van der Waals surface area contributed by atoms with Crippen molar-refractivity contribution in [2.45, 2.75) is 89.7 Å². The zero-order valence-electron chi connectivity index (χ0n) is 43.9. The summed E-state index contributed by atoms with van der Waals surface area (Å²) >= 11 is 6.94. The molecule has 402 valence electrons. The molecule has 3 aliphatic rings. The molecule has 3 saturated heterocycles. The van der Waals surface area contributed by atoms with Crippen molar-refractivity contribution < 1.29 is 38.2 Å². The number of rotatable bonds is 18. The van der Waals surface area contributed by atoms with Gasteiger partial charge in [0.1, 0.15) is 29.6 Å². The fourth-order valence-electron chi connectivity index (χ4n) is 11.6. The lowest BCUT2D eigenvalue weighted by Gasteiger charge is -2.33. The van der Waals surface area contributed by atoms with Crippen LogP contribution in [0.25, 0.3) is 44.1 Å². The number of phenols is 1. The number of piperidine rings is 2. The van der Waals surface area contributed by atoms with Crippen LogP contribution in [0, 0.1) is 34.9 Å². The fraction of sp³-hybridized carbons (Fsp3) is 0.441. The first-order valence-electron chi connectivity index (χ1n) is 26.8. The molecule has 0 radical (unpaired) electrons. The zero-order valence-corrected chi connectivity index (χ0v) is 44.7. The zero-order chi connectivity index (χ0) is 53.9. The first kappa shape index (κ1) is 53.3. The Morgan fingerprint density at radius 2 is 1.74 bits per heavy atom. The van der Waals surface area contributed by atoms with Crippen molar-refractivity contribution in [1.29, 1.82) is 5.26 Å². The van der Waals surface area contributed by atoms with E-state index >= 15 is 4.39 Å². The number of aromatic hydroxyl groups is 1. The van der Waals surface area contributed by atoms with E-state index < -0.39 is 23.9 Å². The van der Waals surface area contributed by atoms with Crippen molar-refractivity contribution in [3.05, 3.63) is 107 Å². The van der Waals surface area contributed by atoms with Gasteiger partial charge in [-0.15, -0.1) is 0 Å². The Bertz CT molecular complexity index is 3300. The summed E-state index contributed by atoms with van der Waals surface area (Å²) in [5.74, 6) is -0.556. The molecular weight excluding hydrogens is 1000 g/mol. The van der Waals surface area contributed by atoms with E-state index in [0.717, 1.165) is 66.4 Å². The fourth-order valence-corrected chi connectivity index (χ4v) is 11.9. The monoisotopic (exact) mass is 1070 g/mol. The number of aliphatic hydroxyl groups is 1. The van der Waals surface area contributed by atoms with Gasteiger partial charge in [-0.1, -0.05) is 80.9 Å². The SMILES string of the molecule is CC(C)[C@@H](C(=O)N1C[C@H](O)C[C@H]1C(=O)C[C@@H](C)c1ccc(-c2ccnn2C)cc1)c1cc(OCC2CCN(CCOc3nc(N4CCC[C@@H](CC#N)C4)c4cc(Cl)c(-c5cc(O)cc6ccccc56)c(F)c4n3)CC2)no1. The molecule has 6 heterocycles. The largest absolute Gasteiger partial charge is 0.508 e. The van der Waals surface area contributed by atoms with Crippen LogP contribution in [0.1, 0.15) is 88.9 Å². The third-order valence-electron chi connectivity index (χ3n) is 15.8. The second kappa shape index (κ2) is 23.2. The Hall–Kier alpha value is -7.13. The maximum Gasteiger partial charge on any atom is 0.319 e. The maximum absolute atomic E-state index is 17.1. The lowest BCUT2D eigenvalue weighted by Crippen LogP contribution is -2.44. The number of halogens is 2. The number of benzene rings is 4. The Morgan fingerprint density at radius 1 is 0.948 bits per heavy atom. The highest BCUT2D eigenvalue weighted by atomic mass is 35.5. The Balaban J connectivity index is 0.748. The van der Waals surface area contributed by atoms with Crippen molar-refractivity contribution in [3.8, 4) is 46.1 Å². The Morgan fingerprint density at radius 3 is 2.49 bits per heavy atom. The van der Waals surface area contributed by atoms with E-state index in [4.69, 9.17) is 30.6 Å². The van der Waals surface area contributed by atoms with Crippen LogP contribution in [0.15, 0.2) is 89.6 Å². The molecule has 7 aromatic rings. The summed E-state index contributed by atoms with van der Waals surface area (Å²) < 4.78 is 37.1. The van der Waals surface area contributed by atoms with Gasteiger partial charge in [-0.05, 0) is 119 Å². The molecule has 2 N–H and O–H groups in total. The summed E-state index contributed by atoms with van der Waals surface area (Å²) in [6.45, 7) is 9.98. The number of β-amino-alcohol motifs (C(OH)–C–C–N with tert-alkyl or cyclic N) is 1. The van der Waals surface area contributed by atoms with Gasteiger partial charge in [0.05, 0.1) is 35.5 Å². The predicted molar refractivity (Wildman–Crippen MR) is 291 cm³/mol. The lowest BCUT2D eigenvalue weighted by atomic mass is 9.89. The number of carbonyl (C=O) groups excluding carboxylic acids is 2. The van der Waals surface area contributed by atoms with Crippen molar-refractivity contribution in [1.82, 2.24) is 34.7 Å². The molecule has 0 saturated carbocycles. The lowest BCUT2D eigenvalue weighted by molar-refractivity contribution is -0.140. The first-order chi connectivity index (χ1) is 37.2. The number of ether oxygens (including phenoxy) is 2. The number of nitrogens with zero attached hydrogens (tertiary/aromatic N) is 9. The predicted octanol–water partition coefficient (Wildman–Crippen LogP) is 10.1. The second-order valence-corrected chi connectivity index (χ2v) is 21.9. The summed E-state index contributed by atoms with van der Waals surface area (Å²) in [5.41, 5.74) is 3.65. The molecule has 0 bridgehead atoms. The van der Waals surface area contributed by atoms with Gasteiger partial charge >= 0.3 is 6.01 Å². The van der Waals surface area contributed by atoms with Gasteiger partial charge in [0.15, 0.2) is 17.4 Å². The average molecular weight is 1070 g/mol. The number of Topliss-reactive ketones (excluding diaryl/α,β-unsaturated/α-hetero) is 1. The van der Waals surface area contributed by atoms with E-state index in [1.807, 2.05) is 87.1 Å². The van der Waals surface area contributed by atoms with Crippen LogP contribution in [-0.2, 0) is 16.6 Å². The quantitative estimate of drug-likeness (QED) is 0.0824. The minimum absolute atomic E-state index is 0.0166. The number of ketones is 1. The number of aromatic nitrogens is 5. The molecule has 18 heteroatoms. The average Bonchev–Trinajstić information content (AvgIpc) is 4.19. The van der Waals surface area contributed by atoms with Crippen LogP contribution in [0.3, 0.4) is 0 Å². The molecule has 0 unspecified atom stereocenters. The van der Waals surface area contributed by atoms with Crippen LogP contribution < -0.4 is 14.4 Å². The number of nitriles is 1. The molecule has 3 fully saturated rings. The van der Waals surface area contributed by atoms with Crippen LogP contribution in [0.2, 0.25) is 5.02 Å². The first-order valence-corrected chi connectivity index (χ1v) is 27.2. The highest BCUT2D eigenvalue weighted by molar-refractivity contribution is 6.35. The molecule has 1 amide bonds. The minimum atomic E-state index is -0.816. The molecule has 4 aromatic carbocycles. The van der Waals surface area contributed by atoms with Crippen molar-refractivity contribution in [2.24, 2.45) is 24.8 Å². The number of carbonyl (C=O) groups is 2. The molecule has 3 aromatic heterocycles. The van der Waals surface area contributed by atoms with Gasteiger partial charge in [-0.3, -0.25) is 19.2 Å². The van der Waals surface area contributed by atoms with Crippen molar-refractivity contribution >= 4 is 50.8 Å². The summed E-state index contributed by atoms with van der Waals surface area (Å²) in [6.07, 6.45) is 5.22. The molecule has 77 heavy (non-hydrogen) atoms. The Labute approximate surface area is 452 Å².